The van der Waals surface area contributed by atoms with Gasteiger partial charge in [0.2, 0.25) is 11.8 Å². The van der Waals surface area contributed by atoms with Crippen molar-refractivity contribution in [3.8, 4) is 0 Å². The van der Waals surface area contributed by atoms with Crippen LogP contribution in [0, 0.1) is 0 Å². The molecule has 2 rings (SSSR count). The van der Waals surface area contributed by atoms with Crippen molar-refractivity contribution in [1.82, 2.24) is 15.2 Å². The molecule has 0 aliphatic carbocycles. The highest BCUT2D eigenvalue weighted by Gasteiger charge is 2.53. The molecule has 5 nitrogen and oxygen atoms in total. The minimum atomic E-state index is -0.875. The largest absolute Gasteiger partial charge is 0.340 e. The molecule has 1 aromatic heterocycles. The predicted molar refractivity (Wildman–Crippen MR) is 80.3 cm³/mol. The zero-order valence-corrected chi connectivity index (χ0v) is 13.1. The van der Waals surface area contributed by atoms with E-state index in [0.717, 1.165) is 5.69 Å². The molecule has 0 bridgehead atoms. The summed E-state index contributed by atoms with van der Waals surface area (Å²) in [5.74, 6) is -0.135. The summed E-state index contributed by atoms with van der Waals surface area (Å²) in [7, 11) is 0. The van der Waals surface area contributed by atoms with E-state index in [-0.39, 0.29) is 11.8 Å². The maximum Gasteiger partial charge on any atom is 0.248 e. The van der Waals surface area contributed by atoms with Crippen LogP contribution >= 0.6 is 0 Å². The van der Waals surface area contributed by atoms with E-state index in [2.05, 4.69) is 10.3 Å². The number of hydrogen-bond acceptors (Lipinski definition) is 3. The molecule has 1 aliphatic rings. The normalized spacial score (nSPS) is 20.3. The third-order valence-corrected chi connectivity index (χ3v) is 4.36. The van der Waals surface area contributed by atoms with Crippen LogP contribution in [0.2, 0.25) is 0 Å². The lowest BCUT2D eigenvalue weighted by molar-refractivity contribution is -0.163. The Labute approximate surface area is 125 Å². The highest BCUT2D eigenvalue weighted by atomic mass is 16.2. The summed E-state index contributed by atoms with van der Waals surface area (Å²) in [6.45, 7) is 7.74. The summed E-state index contributed by atoms with van der Waals surface area (Å²) in [5, 5.41) is 2.86. The fraction of sp³-hybridized carbons (Fsp3) is 0.562. The van der Waals surface area contributed by atoms with Crippen LogP contribution in [0.5, 0.6) is 0 Å². The minimum Gasteiger partial charge on any atom is -0.340 e. The summed E-state index contributed by atoms with van der Waals surface area (Å²) in [4.78, 5) is 31.4. The lowest BCUT2D eigenvalue weighted by atomic mass is 9.82. The lowest BCUT2D eigenvalue weighted by Gasteiger charge is -2.50. The third-order valence-electron chi connectivity index (χ3n) is 4.36. The Hall–Kier alpha value is -1.91. The molecule has 2 heterocycles. The standard InChI is InChI=1S/C16H23N3O2/c1-5-16(6-2)13(20)18-15(3,4)14(21)19(16)11-12-9-7-8-10-17-12/h7-10H,5-6,11H2,1-4H3,(H,18,20). The second-order valence-electron chi connectivity index (χ2n) is 6.03. The number of carbonyl (C=O) groups is 2. The summed E-state index contributed by atoms with van der Waals surface area (Å²) in [6.07, 6.45) is 2.88. The Morgan fingerprint density at radius 1 is 1.19 bits per heavy atom. The van der Waals surface area contributed by atoms with E-state index in [1.54, 1.807) is 24.9 Å². The molecule has 0 unspecified atom stereocenters. The summed E-state index contributed by atoms with van der Waals surface area (Å²) < 4.78 is 0. The molecule has 0 saturated carbocycles. The van der Waals surface area contributed by atoms with E-state index >= 15 is 0 Å². The van der Waals surface area contributed by atoms with E-state index in [9.17, 15) is 9.59 Å². The predicted octanol–water partition coefficient (Wildman–Crippen LogP) is 1.88. The van der Waals surface area contributed by atoms with Gasteiger partial charge in [-0.2, -0.15) is 0 Å². The Bertz CT molecular complexity index is 536. The molecule has 21 heavy (non-hydrogen) atoms. The van der Waals surface area contributed by atoms with Gasteiger partial charge in [-0.1, -0.05) is 19.9 Å². The molecule has 0 aromatic carbocycles. The molecule has 5 heteroatoms. The van der Waals surface area contributed by atoms with Gasteiger partial charge in [-0.25, -0.2) is 0 Å². The zero-order valence-electron chi connectivity index (χ0n) is 13.1. The van der Waals surface area contributed by atoms with Crippen molar-refractivity contribution >= 4 is 11.8 Å². The minimum absolute atomic E-state index is 0.0588. The number of carbonyl (C=O) groups excluding carboxylic acids is 2. The van der Waals surface area contributed by atoms with Gasteiger partial charge >= 0.3 is 0 Å². The van der Waals surface area contributed by atoms with Gasteiger partial charge < -0.3 is 10.2 Å². The average Bonchev–Trinajstić information content (AvgIpc) is 2.46. The average molecular weight is 289 g/mol. The smallest absolute Gasteiger partial charge is 0.248 e. The molecule has 114 valence electrons. The molecule has 1 aromatic rings. The van der Waals surface area contributed by atoms with Crippen LogP contribution in [0.1, 0.15) is 46.2 Å². The molecular weight excluding hydrogens is 266 g/mol. The number of hydrogen-bond donors (Lipinski definition) is 1. The molecule has 1 aliphatic heterocycles. The summed E-state index contributed by atoms with van der Waals surface area (Å²) >= 11 is 0. The molecule has 1 saturated heterocycles. The number of piperazine rings is 1. The SMILES string of the molecule is CCC1(CC)C(=O)NC(C)(C)C(=O)N1Cc1ccccn1. The van der Waals surface area contributed by atoms with Crippen LogP contribution in [0.4, 0.5) is 0 Å². The second-order valence-corrected chi connectivity index (χ2v) is 6.03. The fourth-order valence-corrected chi connectivity index (χ4v) is 2.94. The Kier molecular flexibility index (Phi) is 4.03. The van der Waals surface area contributed by atoms with E-state index in [0.29, 0.717) is 19.4 Å². The first-order valence-electron chi connectivity index (χ1n) is 7.42. The Morgan fingerprint density at radius 2 is 1.86 bits per heavy atom. The van der Waals surface area contributed by atoms with Crippen molar-refractivity contribution in [1.29, 1.82) is 0 Å². The monoisotopic (exact) mass is 289 g/mol. The first kappa shape index (κ1) is 15.5. The first-order chi connectivity index (χ1) is 9.87. The Morgan fingerprint density at radius 3 is 2.38 bits per heavy atom. The van der Waals surface area contributed by atoms with E-state index < -0.39 is 11.1 Å². The van der Waals surface area contributed by atoms with Crippen molar-refractivity contribution in [2.24, 2.45) is 0 Å². The van der Waals surface area contributed by atoms with Crippen LogP contribution in [0.15, 0.2) is 24.4 Å². The van der Waals surface area contributed by atoms with Crippen molar-refractivity contribution in [2.75, 3.05) is 0 Å². The van der Waals surface area contributed by atoms with Crippen molar-refractivity contribution < 1.29 is 9.59 Å². The zero-order chi connectivity index (χ0) is 15.7. The molecule has 0 atom stereocenters. The van der Waals surface area contributed by atoms with Gasteiger partial charge in [0, 0.05) is 6.20 Å². The van der Waals surface area contributed by atoms with Gasteiger partial charge in [0.25, 0.3) is 0 Å². The molecule has 1 fully saturated rings. The van der Waals surface area contributed by atoms with Crippen LogP contribution < -0.4 is 5.32 Å². The van der Waals surface area contributed by atoms with Crippen molar-refractivity contribution in [3.05, 3.63) is 30.1 Å². The van der Waals surface area contributed by atoms with E-state index in [4.69, 9.17) is 0 Å². The van der Waals surface area contributed by atoms with Crippen LogP contribution in [-0.2, 0) is 16.1 Å². The van der Waals surface area contributed by atoms with Crippen LogP contribution in [0.25, 0.3) is 0 Å². The number of rotatable bonds is 4. The van der Waals surface area contributed by atoms with Crippen molar-refractivity contribution in [3.63, 3.8) is 0 Å². The first-order valence-corrected chi connectivity index (χ1v) is 7.42. The third kappa shape index (κ3) is 2.52. The number of nitrogens with one attached hydrogen (secondary N) is 1. The maximum absolute atomic E-state index is 12.8. The number of amides is 2. The number of pyridine rings is 1. The number of aromatic nitrogens is 1. The molecule has 2 amide bonds. The Balaban J connectivity index is 2.43. The lowest BCUT2D eigenvalue weighted by Crippen LogP contribution is -2.73. The molecule has 1 N–H and O–H groups in total. The topological polar surface area (TPSA) is 62.3 Å². The van der Waals surface area contributed by atoms with Crippen LogP contribution in [-0.4, -0.2) is 32.8 Å². The van der Waals surface area contributed by atoms with Crippen LogP contribution in [0.3, 0.4) is 0 Å². The second kappa shape index (κ2) is 5.47. The highest BCUT2D eigenvalue weighted by molar-refractivity contribution is 6.01. The van der Waals surface area contributed by atoms with Gasteiger partial charge in [-0.05, 0) is 38.8 Å². The quantitative estimate of drug-likeness (QED) is 0.920. The van der Waals surface area contributed by atoms with Gasteiger partial charge in [-0.15, -0.1) is 0 Å². The fourth-order valence-electron chi connectivity index (χ4n) is 2.94. The van der Waals surface area contributed by atoms with Gasteiger partial charge in [0.1, 0.15) is 11.1 Å². The summed E-state index contributed by atoms with van der Waals surface area (Å²) in [6, 6.07) is 5.61. The van der Waals surface area contributed by atoms with Gasteiger partial charge in [0.05, 0.1) is 12.2 Å². The van der Waals surface area contributed by atoms with Gasteiger partial charge in [-0.3, -0.25) is 14.6 Å². The molecule has 0 spiro atoms. The molecular formula is C16H23N3O2. The number of nitrogens with zero attached hydrogens (tertiary/aromatic N) is 2. The van der Waals surface area contributed by atoms with E-state index in [1.807, 2.05) is 32.0 Å². The van der Waals surface area contributed by atoms with Gasteiger partial charge in [0.15, 0.2) is 0 Å². The molecule has 0 radical (unpaired) electrons. The highest BCUT2D eigenvalue weighted by Crippen LogP contribution is 2.33. The summed E-state index contributed by atoms with van der Waals surface area (Å²) in [5.41, 5.74) is -0.869. The van der Waals surface area contributed by atoms with Crippen molar-refractivity contribution in [2.45, 2.75) is 58.2 Å². The van der Waals surface area contributed by atoms with E-state index in [1.165, 1.54) is 0 Å². The maximum atomic E-state index is 12.8.